The smallest absolute Gasteiger partial charge is 0.322 e. The Kier molecular flexibility index (Phi) is 5.97. The van der Waals surface area contributed by atoms with Crippen molar-refractivity contribution in [1.29, 1.82) is 0 Å². The van der Waals surface area contributed by atoms with Crippen molar-refractivity contribution >= 4 is 17.5 Å². The first-order chi connectivity index (χ1) is 8.11. The van der Waals surface area contributed by atoms with Crippen LogP contribution in [-0.2, 0) is 0 Å². The van der Waals surface area contributed by atoms with Crippen LogP contribution in [-0.4, -0.2) is 28.1 Å². The van der Waals surface area contributed by atoms with E-state index in [0.29, 0.717) is 18.5 Å². The van der Waals surface area contributed by atoms with Gasteiger partial charge in [-0.1, -0.05) is 13.8 Å². The van der Waals surface area contributed by atoms with Gasteiger partial charge in [0.1, 0.15) is 0 Å². The van der Waals surface area contributed by atoms with E-state index in [1.54, 1.807) is 0 Å². The number of nitrogens with one attached hydrogen (secondary N) is 1. The van der Waals surface area contributed by atoms with Crippen molar-refractivity contribution < 1.29 is 4.74 Å². The van der Waals surface area contributed by atoms with Crippen molar-refractivity contribution in [2.75, 3.05) is 18.5 Å². The topological polar surface area (TPSA) is 59.9 Å². The third kappa shape index (κ3) is 5.68. The molecule has 1 N–H and O–H groups in total. The lowest BCUT2D eigenvalue weighted by molar-refractivity contribution is 0.312. The molecule has 1 aromatic rings. The molecule has 0 aliphatic carbocycles. The van der Waals surface area contributed by atoms with E-state index in [2.05, 4.69) is 34.1 Å². The van der Waals surface area contributed by atoms with E-state index in [9.17, 15) is 0 Å². The molecule has 0 saturated carbocycles. The van der Waals surface area contributed by atoms with Gasteiger partial charge in [0.2, 0.25) is 11.2 Å². The summed E-state index contributed by atoms with van der Waals surface area (Å²) in [7, 11) is 0. The van der Waals surface area contributed by atoms with Gasteiger partial charge in [0.15, 0.2) is 0 Å². The summed E-state index contributed by atoms with van der Waals surface area (Å²) in [6.07, 6.45) is 2.25. The van der Waals surface area contributed by atoms with Crippen molar-refractivity contribution in [2.45, 2.75) is 33.6 Å². The largest absolute Gasteiger partial charge is 0.464 e. The molecule has 0 spiro atoms. The summed E-state index contributed by atoms with van der Waals surface area (Å²) in [6, 6.07) is 0.263. The summed E-state index contributed by atoms with van der Waals surface area (Å²) in [5.41, 5.74) is 0. The maximum atomic E-state index is 5.77. The Morgan fingerprint density at radius 3 is 2.71 bits per heavy atom. The quantitative estimate of drug-likeness (QED) is 0.762. The minimum Gasteiger partial charge on any atom is -0.464 e. The van der Waals surface area contributed by atoms with Gasteiger partial charge >= 0.3 is 6.01 Å². The second-order valence-electron chi connectivity index (χ2n) is 4.11. The third-order valence-corrected chi connectivity index (χ3v) is 2.27. The van der Waals surface area contributed by atoms with E-state index in [0.717, 1.165) is 13.0 Å². The van der Waals surface area contributed by atoms with E-state index < -0.39 is 0 Å². The Morgan fingerprint density at radius 2 is 2.06 bits per heavy atom. The Bertz CT molecular complexity index is 346. The maximum Gasteiger partial charge on any atom is 0.322 e. The Morgan fingerprint density at radius 1 is 1.29 bits per heavy atom. The van der Waals surface area contributed by atoms with Crippen LogP contribution in [0, 0.1) is 5.92 Å². The summed E-state index contributed by atoms with van der Waals surface area (Å²) >= 11 is 5.77. The summed E-state index contributed by atoms with van der Waals surface area (Å²) < 4.78 is 5.19. The summed E-state index contributed by atoms with van der Waals surface area (Å²) in [6.45, 7) is 7.60. The molecule has 0 bridgehead atoms. The van der Waals surface area contributed by atoms with Gasteiger partial charge < -0.3 is 10.1 Å². The fourth-order valence-corrected chi connectivity index (χ4v) is 1.47. The highest BCUT2D eigenvalue weighted by Crippen LogP contribution is 2.11. The second-order valence-corrected chi connectivity index (χ2v) is 4.44. The molecule has 0 aliphatic rings. The van der Waals surface area contributed by atoms with Crippen molar-refractivity contribution in [3.05, 3.63) is 5.28 Å². The SMILES string of the molecule is CCOc1nc(Cl)nc(NCCCC(C)C)n1. The zero-order chi connectivity index (χ0) is 12.7. The van der Waals surface area contributed by atoms with Crippen LogP contribution >= 0.6 is 11.6 Å². The first-order valence-electron chi connectivity index (χ1n) is 5.90. The van der Waals surface area contributed by atoms with Crippen LogP contribution in [0.2, 0.25) is 5.28 Å². The van der Waals surface area contributed by atoms with Crippen LogP contribution < -0.4 is 10.1 Å². The maximum absolute atomic E-state index is 5.77. The lowest BCUT2D eigenvalue weighted by atomic mass is 10.1. The Balaban J connectivity index is 2.46. The van der Waals surface area contributed by atoms with Gasteiger partial charge in [-0.25, -0.2) is 0 Å². The lowest BCUT2D eigenvalue weighted by Crippen LogP contribution is -2.09. The molecule has 0 radical (unpaired) electrons. The van der Waals surface area contributed by atoms with Crippen LogP contribution in [0.1, 0.15) is 33.6 Å². The van der Waals surface area contributed by atoms with E-state index >= 15 is 0 Å². The fourth-order valence-electron chi connectivity index (χ4n) is 1.32. The number of anilines is 1. The van der Waals surface area contributed by atoms with Crippen LogP contribution in [0.5, 0.6) is 6.01 Å². The van der Waals surface area contributed by atoms with Crippen LogP contribution in [0.25, 0.3) is 0 Å². The number of ether oxygens (including phenoxy) is 1. The highest BCUT2D eigenvalue weighted by molar-refractivity contribution is 6.28. The normalized spacial score (nSPS) is 10.6. The van der Waals surface area contributed by atoms with Gasteiger partial charge in [0.05, 0.1) is 6.61 Å². The number of halogens is 1. The molecule has 0 saturated heterocycles. The zero-order valence-electron chi connectivity index (χ0n) is 10.5. The van der Waals surface area contributed by atoms with Gasteiger partial charge in [-0.3, -0.25) is 0 Å². The molecule has 0 aromatic carbocycles. The zero-order valence-corrected chi connectivity index (χ0v) is 11.3. The van der Waals surface area contributed by atoms with Gasteiger partial charge in [-0.15, -0.1) is 0 Å². The second kappa shape index (κ2) is 7.27. The predicted octanol–water partition coefficient (Wildman–Crippen LogP) is 2.77. The lowest BCUT2D eigenvalue weighted by Gasteiger charge is -2.07. The first-order valence-corrected chi connectivity index (χ1v) is 6.27. The first kappa shape index (κ1) is 14.0. The van der Waals surface area contributed by atoms with Gasteiger partial charge in [0, 0.05) is 6.54 Å². The molecule has 0 fully saturated rings. The van der Waals surface area contributed by atoms with E-state index in [-0.39, 0.29) is 11.3 Å². The molecule has 17 heavy (non-hydrogen) atoms. The molecule has 1 aromatic heterocycles. The number of hydrogen-bond donors (Lipinski definition) is 1. The van der Waals surface area contributed by atoms with Crippen LogP contribution in [0.3, 0.4) is 0 Å². The molecule has 1 heterocycles. The predicted molar refractivity (Wildman–Crippen MR) is 68.6 cm³/mol. The third-order valence-electron chi connectivity index (χ3n) is 2.10. The number of hydrogen-bond acceptors (Lipinski definition) is 5. The molecule has 1 rings (SSSR count). The summed E-state index contributed by atoms with van der Waals surface area (Å²) in [5, 5.41) is 3.26. The molecule has 0 amide bonds. The molecule has 6 heteroatoms. The standard InChI is InChI=1S/C11H19ClN4O/c1-4-17-11-15-9(12)14-10(16-11)13-7-5-6-8(2)3/h8H,4-7H2,1-3H3,(H,13,14,15,16). The molecule has 0 unspecified atom stereocenters. The molecular weight excluding hydrogens is 240 g/mol. The fraction of sp³-hybridized carbons (Fsp3) is 0.727. The number of aromatic nitrogens is 3. The van der Waals surface area contributed by atoms with Crippen molar-refractivity contribution in [3.63, 3.8) is 0 Å². The summed E-state index contributed by atoms with van der Waals surface area (Å²) in [5.74, 6) is 1.18. The van der Waals surface area contributed by atoms with Crippen molar-refractivity contribution in [2.24, 2.45) is 5.92 Å². The number of nitrogens with zero attached hydrogens (tertiary/aromatic N) is 3. The average Bonchev–Trinajstić information content (AvgIpc) is 2.24. The molecule has 0 atom stereocenters. The van der Waals surface area contributed by atoms with Gasteiger partial charge in [-0.05, 0) is 37.3 Å². The highest BCUT2D eigenvalue weighted by atomic mass is 35.5. The van der Waals surface area contributed by atoms with Crippen LogP contribution in [0.15, 0.2) is 0 Å². The van der Waals surface area contributed by atoms with E-state index in [1.807, 2.05) is 6.92 Å². The van der Waals surface area contributed by atoms with Crippen molar-refractivity contribution in [3.8, 4) is 6.01 Å². The number of rotatable bonds is 7. The van der Waals surface area contributed by atoms with Gasteiger partial charge in [-0.2, -0.15) is 15.0 Å². The molecule has 5 nitrogen and oxygen atoms in total. The van der Waals surface area contributed by atoms with Crippen molar-refractivity contribution in [1.82, 2.24) is 15.0 Å². The monoisotopic (exact) mass is 258 g/mol. The van der Waals surface area contributed by atoms with E-state index in [1.165, 1.54) is 6.42 Å². The van der Waals surface area contributed by atoms with E-state index in [4.69, 9.17) is 16.3 Å². The van der Waals surface area contributed by atoms with Gasteiger partial charge in [0.25, 0.3) is 0 Å². The molecule has 96 valence electrons. The summed E-state index contributed by atoms with van der Waals surface area (Å²) in [4.78, 5) is 11.9. The van der Waals surface area contributed by atoms with Crippen LogP contribution in [0.4, 0.5) is 5.95 Å². The Labute approximate surface area is 107 Å². The average molecular weight is 259 g/mol. The highest BCUT2D eigenvalue weighted by Gasteiger charge is 2.05. The Hall–Kier alpha value is -1.10. The minimum atomic E-state index is 0.148. The molecule has 0 aliphatic heterocycles. The molecular formula is C11H19ClN4O. The minimum absolute atomic E-state index is 0.148.